The van der Waals surface area contributed by atoms with Crippen LogP contribution in [0.15, 0.2) is 42.5 Å². The maximum absolute atomic E-state index is 13.0. The van der Waals surface area contributed by atoms with Crippen molar-refractivity contribution in [2.24, 2.45) is 0 Å². The van der Waals surface area contributed by atoms with Crippen LogP contribution in [0.1, 0.15) is 41.3 Å². The first-order valence-corrected chi connectivity index (χ1v) is 9.84. The van der Waals surface area contributed by atoms with Gasteiger partial charge in [-0.3, -0.25) is 9.69 Å². The monoisotopic (exact) mass is 382 g/mol. The largest absolute Gasteiger partial charge is 0.497 e. The lowest BCUT2D eigenvalue weighted by Crippen LogP contribution is -2.48. The number of nitrogens with zero attached hydrogens (tertiary/aromatic N) is 2. The summed E-state index contributed by atoms with van der Waals surface area (Å²) in [4.78, 5) is 17.3. The number of methoxy groups -OCH3 is 2. The molecule has 0 saturated carbocycles. The Morgan fingerprint density at radius 2 is 1.64 bits per heavy atom. The number of benzene rings is 2. The number of rotatable bonds is 6. The molecule has 0 unspecified atom stereocenters. The van der Waals surface area contributed by atoms with E-state index in [9.17, 15) is 4.79 Å². The fourth-order valence-electron chi connectivity index (χ4n) is 3.53. The van der Waals surface area contributed by atoms with Gasteiger partial charge in [0.1, 0.15) is 11.5 Å². The molecule has 3 rings (SSSR count). The van der Waals surface area contributed by atoms with Gasteiger partial charge in [-0.05, 0) is 35.2 Å². The molecule has 150 valence electrons. The smallest absolute Gasteiger partial charge is 0.257 e. The minimum atomic E-state index is -0.00307. The molecule has 1 saturated heterocycles. The van der Waals surface area contributed by atoms with Crippen LogP contribution in [0.2, 0.25) is 0 Å². The van der Waals surface area contributed by atoms with Gasteiger partial charge < -0.3 is 14.4 Å². The second kappa shape index (κ2) is 9.11. The molecule has 5 nitrogen and oxygen atoms in total. The van der Waals surface area contributed by atoms with Crippen LogP contribution in [0, 0.1) is 0 Å². The number of piperazine rings is 1. The molecular weight excluding hydrogens is 352 g/mol. The molecule has 1 amide bonds. The summed E-state index contributed by atoms with van der Waals surface area (Å²) in [5.74, 6) is 1.79. The average molecular weight is 383 g/mol. The van der Waals surface area contributed by atoms with Gasteiger partial charge in [0.2, 0.25) is 0 Å². The fraction of sp³-hybridized carbons (Fsp3) is 0.435. The van der Waals surface area contributed by atoms with Gasteiger partial charge in [-0.25, -0.2) is 0 Å². The molecule has 2 aromatic carbocycles. The zero-order valence-electron chi connectivity index (χ0n) is 17.3. The van der Waals surface area contributed by atoms with E-state index in [1.807, 2.05) is 4.90 Å². The predicted molar refractivity (Wildman–Crippen MR) is 111 cm³/mol. The van der Waals surface area contributed by atoms with E-state index in [4.69, 9.17) is 9.47 Å². The number of carbonyl (C=O) groups excluding carboxylic acids is 1. The molecule has 1 fully saturated rings. The van der Waals surface area contributed by atoms with Gasteiger partial charge in [0.05, 0.1) is 19.8 Å². The number of ether oxygens (including phenoxy) is 2. The van der Waals surface area contributed by atoms with Crippen molar-refractivity contribution >= 4 is 5.91 Å². The molecule has 0 spiro atoms. The second-order valence-electron chi connectivity index (χ2n) is 7.53. The van der Waals surface area contributed by atoms with E-state index in [2.05, 4.69) is 43.0 Å². The number of amides is 1. The molecule has 0 aliphatic carbocycles. The summed E-state index contributed by atoms with van der Waals surface area (Å²) < 4.78 is 10.6. The first-order chi connectivity index (χ1) is 13.5. The van der Waals surface area contributed by atoms with Crippen molar-refractivity contribution in [3.8, 4) is 11.5 Å². The molecule has 1 heterocycles. The summed E-state index contributed by atoms with van der Waals surface area (Å²) in [5.41, 5.74) is 3.24. The number of carbonyl (C=O) groups is 1. The Morgan fingerprint density at radius 1 is 0.964 bits per heavy atom. The summed E-state index contributed by atoms with van der Waals surface area (Å²) >= 11 is 0. The van der Waals surface area contributed by atoms with E-state index in [-0.39, 0.29) is 5.91 Å². The second-order valence-corrected chi connectivity index (χ2v) is 7.53. The maximum Gasteiger partial charge on any atom is 0.257 e. The van der Waals surface area contributed by atoms with E-state index in [0.717, 1.165) is 19.6 Å². The van der Waals surface area contributed by atoms with Crippen LogP contribution in [0.5, 0.6) is 11.5 Å². The summed E-state index contributed by atoms with van der Waals surface area (Å²) in [7, 11) is 3.18. The van der Waals surface area contributed by atoms with E-state index in [1.165, 1.54) is 11.1 Å². The summed E-state index contributed by atoms with van der Waals surface area (Å²) in [6, 6.07) is 14.2. The molecule has 5 heteroatoms. The Morgan fingerprint density at radius 3 is 2.21 bits per heavy atom. The molecule has 0 aromatic heterocycles. The Balaban J connectivity index is 1.60. The Bertz CT molecular complexity index is 794. The SMILES string of the molecule is COc1ccc(OC)c(C(=O)N2CCN(Cc3ccc(C(C)C)cc3)CC2)c1. The molecule has 0 N–H and O–H groups in total. The lowest BCUT2D eigenvalue weighted by Gasteiger charge is -2.35. The Kier molecular flexibility index (Phi) is 6.57. The van der Waals surface area contributed by atoms with E-state index in [1.54, 1.807) is 32.4 Å². The van der Waals surface area contributed by atoms with Crippen LogP contribution < -0.4 is 9.47 Å². The quantitative estimate of drug-likeness (QED) is 0.762. The van der Waals surface area contributed by atoms with Gasteiger partial charge >= 0.3 is 0 Å². The topological polar surface area (TPSA) is 42.0 Å². The Labute approximate surface area is 167 Å². The van der Waals surface area contributed by atoms with Crippen molar-refractivity contribution in [2.75, 3.05) is 40.4 Å². The normalized spacial score (nSPS) is 15.0. The first-order valence-electron chi connectivity index (χ1n) is 9.84. The number of hydrogen-bond acceptors (Lipinski definition) is 4. The third kappa shape index (κ3) is 4.65. The van der Waals surface area contributed by atoms with Crippen LogP contribution >= 0.6 is 0 Å². The summed E-state index contributed by atoms with van der Waals surface area (Å²) in [6.45, 7) is 8.49. The van der Waals surface area contributed by atoms with E-state index >= 15 is 0 Å². The van der Waals surface area contributed by atoms with Crippen LogP contribution in [0.3, 0.4) is 0 Å². The van der Waals surface area contributed by atoms with Crippen molar-refractivity contribution in [1.29, 1.82) is 0 Å². The standard InChI is InChI=1S/C23H30N2O3/c1-17(2)19-7-5-18(6-8-19)16-24-11-13-25(14-12-24)23(26)21-15-20(27-3)9-10-22(21)28-4/h5-10,15,17H,11-14,16H2,1-4H3. The minimum Gasteiger partial charge on any atom is -0.497 e. The van der Waals surface area contributed by atoms with Crippen LogP contribution in [0.25, 0.3) is 0 Å². The maximum atomic E-state index is 13.0. The van der Waals surface area contributed by atoms with Crippen molar-refractivity contribution in [3.63, 3.8) is 0 Å². The minimum absolute atomic E-state index is 0.00307. The molecule has 28 heavy (non-hydrogen) atoms. The van der Waals surface area contributed by atoms with E-state index in [0.29, 0.717) is 36.1 Å². The van der Waals surface area contributed by atoms with Gasteiger partial charge in [-0.2, -0.15) is 0 Å². The highest BCUT2D eigenvalue weighted by atomic mass is 16.5. The van der Waals surface area contributed by atoms with Gasteiger partial charge in [-0.15, -0.1) is 0 Å². The van der Waals surface area contributed by atoms with Crippen molar-refractivity contribution in [1.82, 2.24) is 9.80 Å². The van der Waals surface area contributed by atoms with Crippen molar-refractivity contribution < 1.29 is 14.3 Å². The molecule has 1 aliphatic heterocycles. The molecule has 0 bridgehead atoms. The molecule has 1 aliphatic rings. The van der Waals surface area contributed by atoms with Crippen LogP contribution in [0.4, 0.5) is 0 Å². The molecule has 0 atom stereocenters. The van der Waals surface area contributed by atoms with Crippen molar-refractivity contribution in [3.05, 3.63) is 59.2 Å². The summed E-state index contributed by atoms with van der Waals surface area (Å²) in [6.07, 6.45) is 0. The van der Waals surface area contributed by atoms with Gasteiger partial charge in [-0.1, -0.05) is 38.1 Å². The Hall–Kier alpha value is -2.53. The van der Waals surface area contributed by atoms with E-state index < -0.39 is 0 Å². The summed E-state index contributed by atoms with van der Waals surface area (Å²) in [5, 5.41) is 0. The highest BCUT2D eigenvalue weighted by molar-refractivity contribution is 5.97. The van der Waals surface area contributed by atoms with Crippen LogP contribution in [-0.2, 0) is 6.54 Å². The lowest BCUT2D eigenvalue weighted by molar-refractivity contribution is 0.0625. The van der Waals surface area contributed by atoms with Gasteiger partial charge in [0.15, 0.2) is 0 Å². The zero-order chi connectivity index (χ0) is 20.1. The highest BCUT2D eigenvalue weighted by Crippen LogP contribution is 2.26. The average Bonchev–Trinajstić information content (AvgIpc) is 2.73. The van der Waals surface area contributed by atoms with Crippen molar-refractivity contribution in [2.45, 2.75) is 26.3 Å². The van der Waals surface area contributed by atoms with Crippen LogP contribution in [-0.4, -0.2) is 56.1 Å². The van der Waals surface area contributed by atoms with Gasteiger partial charge in [0, 0.05) is 32.7 Å². The third-order valence-corrected chi connectivity index (χ3v) is 5.35. The molecule has 2 aromatic rings. The predicted octanol–water partition coefficient (Wildman–Crippen LogP) is 3.79. The zero-order valence-corrected chi connectivity index (χ0v) is 17.3. The lowest BCUT2D eigenvalue weighted by atomic mass is 10.0. The molecule has 0 radical (unpaired) electrons. The first kappa shape index (κ1) is 20.2. The number of hydrogen-bond donors (Lipinski definition) is 0. The third-order valence-electron chi connectivity index (χ3n) is 5.35. The molecular formula is C23H30N2O3. The van der Waals surface area contributed by atoms with Gasteiger partial charge in [0.25, 0.3) is 5.91 Å². The highest BCUT2D eigenvalue weighted by Gasteiger charge is 2.24. The fourth-order valence-corrected chi connectivity index (χ4v) is 3.53.